The fourth-order valence-electron chi connectivity index (χ4n) is 2.93. The molecule has 0 saturated carbocycles. The van der Waals surface area contributed by atoms with Crippen molar-refractivity contribution in [1.29, 1.82) is 0 Å². The number of rotatable bonds is 8. The smallest absolute Gasteiger partial charge is 0.338 e. The maximum Gasteiger partial charge on any atom is 0.338 e. The molecular formula is C22H23NO7. The molecule has 0 aromatic heterocycles. The van der Waals surface area contributed by atoms with Gasteiger partial charge in [-0.25, -0.2) is 4.79 Å². The number of ether oxygens (including phenoxy) is 5. The maximum atomic E-state index is 12.2. The number of hydrogen-bond donors (Lipinski definition) is 1. The number of carbonyl (C=O) groups excluding carboxylic acids is 2. The largest absolute Gasteiger partial charge is 0.496 e. The van der Waals surface area contributed by atoms with Crippen LogP contribution in [0.5, 0.6) is 23.0 Å². The molecule has 1 amide bonds. The number of fused-ring (bicyclic) bond motifs is 1. The van der Waals surface area contributed by atoms with Crippen LogP contribution in [0.25, 0.3) is 6.08 Å². The lowest BCUT2D eigenvalue weighted by molar-refractivity contribution is -0.145. The number of hydrogen-bond acceptors (Lipinski definition) is 7. The lowest BCUT2D eigenvalue weighted by atomic mass is 10.1. The second kappa shape index (κ2) is 9.69. The van der Waals surface area contributed by atoms with Crippen molar-refractivity contribution in [3.8, 4) is 23.0 Å². The molecule has 0 spiro atoms. The van der Waals surface area contributed by atoms with Crippen molar-refractivity contribution < 1.29 is 33.3 Å². The summed E-state index contributed by atoms with van der Waals surface area (Å²) in [5, 5.41) is 2.69. The van der Waals surface area contributed by atoms with Gasteiger partial charge in [0.05, 0.1) is 26.9 Å². The van der Waals surface area contributed by atoms with Crippen molar-refractivity contribution in [2.24, 2.45) is 0 Å². The van der Waals surface area contributed by atoms with Crippen LogP contribution in [-0.4, -0.2) is 46.4 Å². The van der Waals surface area contributed by atoms with Gasteiger partial charge in [-0.05, 0) is 18.2 Å². The summed E-state index contributed by atoms with van der Waals surface area (Å²) in [7, 11) is 4.57. The molecule has 2 aromatic carbocycles. The van der Waals surface area contributed by atoms with E-state index in [9.17, 15) is 9.59 Å². The highest BCUT2D eigenvalue weighted by Crippen LogP contribution is 2.34. The molecule has 158 valence electrons. The highest BCUT2D eigenvalue weighted by molar-refractivity contribution is 5.96. The molecule has 0 fully saturated rings. The van der Waals surface area contributed by atoms with Crippen LogP contribution in [0.1, 0.15) is 11.1 Å². The molecule has 1 N–H and O–H groups in total. The summed E-state index contributed by atoms with van der Waals surface area (Å²) in [6.45, 7) is -0.146. The minimum Gasteiger partial charge on any atom is -0.496 e. The first-order valence-electron chi connectivity index (χ1n) is 9.20. The summed E-state index contributed by atoms with van der Waals surface area (Å²) < 4.78 is 26.5. The van der Waals surface area contributed by atoms with Gasteiger partial charge in [0, 0.05) is 23.7 Å². The first kappa shape index (κ1) is 21.0. The first-order chi connectivity index (χ1) is 14.5. The molecule has 3 rings (SSSR count). The second-order valence-corrected chi connectivity index (χ2v) is 6.37. The summed E-state index contributed by atoms with van der Waals surface area (Å²) in [6.07, 6.45) is 1.70. The maximum absolute atomic E-state index is 12.2. The molecule has 8 nitrogen and oxygen atoms in total. The third-order valence-electron chi connectivity index (χ3n) is 4.49. The molecular weight excluding hydrogens is 390 g/mol. The summed E-state index contributed by atoms with van der Waals surface area (Å²) in [5.74, 6) is 1.23. The molecule has 0 aliphatic carbocycles. The van der Waals surface area contributed by atoms with Crippen LogP contribution in [-0.2, 0) is 20.9 Å². The molecule has 1 heterocycles. The van der Waals surface area contributed by atoms with Gasteiger partial charge in [0.15, 0.2) is 18.1 Å². The van der Waals surface area contributed by atoms with Gasteiger partial charge in [-0.2, -0.15) is 0 Å². The molecule has 2 aromatic rings. The Morgan fingerprint density at radius 3 is 2.43 bits per heavy atom. The Kier molecular flexibility index (Phi) is 6.79. The summed E-state index contributed by atoms with van der Waals surface area (Å²) in [6, 6.07) is 10.8. The Morgan fingerprint density at radius 1 is 1.00 bits per heavy atom. The van der Waals surface area contributed by atoms with Crippen molar-refractivity contribution in [1.82, 2.24) is 5.32 Å². The lowest BCUT2D eigenvalue weighted by Crippen LogP contribution is -2.29. The van der Waals surface area contributed by atoms with E-state index in [1.54, 1.807) is 18.2 Å². The molecule has 0 saturated heterocycles. The monoisotopic (exact) mass is 413 g/mol. The molecule has 1 aliphatic rings. The molecule has 0 unspecified atom stereocenters. The number of amides is 1. The summed E-state index contributed by atoms with van der Waals surface area (Å²) in [4.78, 5) is 24.4. The van der Waals surface area contributed by atoms with E-state index < -0.39 is 18.5 Å². The Labute approximate surface area is 174 Å². The van der Waals surface area contributed by atoms with Crippen LogP contribution in [0.4, 0.5) is 0 Å². The molecule has 1 aliphatic heterocycles. The molecule has 30 heavy (non-hydrogen) atoms. The van der Waals surface area contributed by atoms with E-state index in [1.165, 1.54) is 21.3 Å². The summed E-state index contributed by atoms with van der Waals surface area (Å²) >= 11 is 0. The van der Waals surface area contributed by atoms with Gasteiger partial charge in [-0.15, -0.1) is 0 Å². The van der Waals surface area contributed by atoms with E-state index in [-0.39, 0.29) is 13.2 Å². The van der Waals surface area contributed by atoms with E-state index in [1.807, 2.05) is 24.3 Å². The van der Waals surface area contributed by atoms with E-state index in [0.717, 1.165) is 5.56 Å². The SMILES string of the molecule is COc1cc(OC)c(OC)cc1CNC(=O)COC(=O)C1=Cc2ccccc2OC1. The van der Waals surface area contributed by atoms with Gasteiger partial charge in [-0.1, -0.05) is 18.2 Å². The number of para-hydroxylation sites is 1. The fraction of sp³-hybridized carbons (Fsp3) is 0.273. The lowest BCUT2D eigenvalue weighted by Gasteiger charge is -2.17. The number of benzene rings is 2. The molecule has 0 bridgehead atoms. The Balaban J connectivity index is 1.56. The van der Waals surface area contributed by atoms with E-state index in [4.69, 9.17) is 23.7 Å². The third-order valence-corrected chi connectivity index (χ3v) is 4.49. The van der Waals surface area contributed by atoms with E-state index >= 15 is 0 Å². The Morgan fingerprint density at radius 2 is 1.70 bits per heavy atom. The van der Waals surface area contributed by atoms with Gasteiger partial charge >= 0.3 is 5.97 Å². The topological polar surface area (TPSA) is 92.3 Å². The molecule has 0 atom stereocenters. The van der Waals surface area contributed by atoms with Gasteiger partial charge in [0.2, 0.25) is 0 Å². The average molecular weight is 413 g/mol. The van der Waals surface area contributed by atoms with Crippen molar-refractivity contribution in [2.45, 2.75) is 6.54 Å². The van der Waals surface area contributed by atoms with Gasteiger partial charge in [0.25, 0.3) is 5.91 Å². The Bertz CT molecular complexity index is 968. The van der Waals surface area contributed by atoms with Crippen LogP contribution in [0, 0.1) is 0 Å². The number of methoxy groups -OCH3 is 3. The van der Waals surface area contributed by atoms with Gasteiger partial charge < -0.3 is 29.0 Å². The van der Waals surface area contributed by atoms with Crippen molar-refractivity contribution in [3.05, 3.63) is 53.1 Å². The predicted octanol–water partition coefficient (Wildman–Crippen LogP) is 2.35. The van der Waals surface area contributed by atoms with Crippen LogP contribution in [0.15, 0.2) is 42.0 Å². The van der Waals surface area contributed by atoms with Gasteiger partial charge in [0.1, 0.15) is 18.1 Å². The number of nitrogens with one attached hydrogen (secondary N) is 1. The van der Waals surface area contributed by atoms with Crippen molar-refractivity contribution in [2.75, 3.05) is 34.5 Å². The number of carbonyl (C=O) groups is 2. The van der Waals surface area contributed by atoms with Crippen LogP contribution in [0.3, 0.4) is 0 Å². The van der Waals surface area contributed by atoms with Crippen LogP contribution < -0.4 is 24.3 Å². The van der Waals surface area contributed by atoms with E-state index in [2.05, 4.69) is 5.32 Å². The quantitative estimate of drug-likeness (QED) is 0.664. The molecule has 0 radical (unpaired) electrons. The average Bonchev–Trinajstić information content (AvgIpc) is 2.80. The first-order valence-corrected chi connectivity index (χ1v) is 9.20. The standard InChI is InChI=1S/C22H23NO7/c1-26-18-10-20(28-3)19(27-2)9-15(18)11-23-21(24)13-30-22(25)16-8-14-6-4-5-7-17(14)29-12-16/h4-10H,11-13H2,1-3H3,(H,23,24). The molecule has 8 heteroatoms. The third kappa shape index (κ3) is 4.83. The summed E-state index contributed by atoms with van der Waals surface area (Å²) in [5.41, 5.74) is 1.83. The van der Waals surface area contributed by atoms with Crippen molar-refractivity contribution in [3.63, 3.8) is 0 Å². The highest BCUT2D eigenvalue weighted by Gasteiger charge is 2.19. The fourth-order valence-corrected chi connectivity index (χ4v) is 2.93. The predicted molar refractivity (Wildman–Crippen MR) is 109 cm³/mol. The number of esters is 1. The minimum atomic E-state index is -0.594. The van der Waals surface area contributed by atoms with Crippen molar-refractivity contribution >= 4 is 18.0 Å². The van der Waals surface area contributed by atoms with E-state index in [0.29, 0.717) is 34.1 Å². The van der Waals surface area contributed by atoms with Crippen LogP contribution >= 0.6 is 0 Å². The van der Waals surface area contributed by atoms with Crippen LogP contribution in [0.2, 0.25) is 0 Å². The zero-order valence-corrected chi connectivity index (χ0v) is 17.0. The second-order valence-electron chi connectivity index (χ2n) is 6.37. The minimum absolute atomic E-state index is 0.0975. The van der Waals surface area contributed by atoms with Gasteiger partial charge in [-0.3, -0.25) is 4.79 Å². The normalized spacial score (nSPS) is 12.0. The zero-order valence-electron chi connectivity index (χ0n) is 17.0. The zero-order chi connectivity index (χ0) is 21.5. The Hall–Kier alpha value is -3.68. The highest BCUT2D eigenvalue weighted by atomic mass is 16.5.